The number of aliphatic hydroxyl groups is 1. The van der Waals surface area contributed by atoms with E-state index in [0.717, 1.165) is 12.1 Å². The van der Waals surface area contributed by atoms with Crippen molar-refractivity contribution in [2.75, 3.05) is 11.9 Å². The lowest BCUT2D eigenvalue weighted by atomic mass is 10.1. The van der Waals surface area contributed by atoms with Crippen LogP contribution in [0.5, 0.6) is 0 Å². The van der Waals surface area contributed by atoms with Crippen LogP contribution in [-0.4, -0.2) is 26.8 Å². The number of aryl methyl sites for hydroxylation is 1. The maximum atomic E-state index is 9.94. The summed E-state index contributed by atoms with van der Waals surface area (Å²) in [4.78, 5) is 2.80. The molecule has 0 saturated heterocycles. The Morgan fingerprint density at radius 1 is 1.44 bits per heavy atom. The molecule has 0 aliphatic carbocycles. The van der Waals surface area contributed by atoms with Crippen LogP contribution in [0.25, 0.3) is 0 Å². The fourth-order valence-electron chi connectivity index (χ4n) is 1.75. The van der Waals surface area contributed by atoms with Crippen LogP contribution in [0, 0.1) is 4.77 Å². The first-order valence-corrected chi connectivity index (χ1v) is 6.26. The Bertz CT molecular complexity index is 563. The van der Waals surface area contributed by atoms with E-state index < -0.39 is 6.10 Å². The number of aromatic nitrogens is 3. The Balaban J connectivity index is 2.01. The van der Waals surface area contributed by atoms with Crippen molar-refractivity contribution in [3.05, 3.63) is 40.4 Å². The van der Waals surface area contributed by atoms with E-state index in [1.807, 2.05) is 18.2 Å². The van der Waals surface area contributed by atoms with Crippen molar-refractivity contribution >= 4 is 17.9 Å². The topological polar surface area (TPSA) is 76.7 Å². The van der Waals surface area contributed by atoms with Gasteiger partial charge in [0.05, 0.1) is 0 Å². The predicted molar refractivity (Wildman–Crippen MR) is 73.0 cm³/mol. The molecule has 6 heteroatoms. The molecule has 18 heavy (non-hydrogen) atoms. The van der Waals surface area contributed by atoms with Crippen LogP contribution in [0.3, 0.4) is 0 Å². The highest BCUT2D eigenvalue weighted by atomic mass is 32.1. The molecule has 0 spiro atoms. The van der Waals surface area contributed by atoms with E-state index >= 15 is 0 Å². The molecule has 1 aromatic heterocycles. The molecule has 96 valence electrons. The molecule has 1 aromatic carbocycles. The van der Waals surface area contributed by atoms with Gasteiger partial charge in [0.2, 0.25) is 0 Å². The minimum atomic E-state index is -0.720. The molecular formula is C12H16N4OS. The molecule has 0 aliphatic rings. The van der Waals surface area contributed by atoms with Crippen LogP contribution in [0.1, 0.15) is 24.4 Å². The molecule has 0 fully saturated rings. The molecule has 1 heterocycles. The first-order valence-electron chi connectivity index (χ1n) is 5.85. The third-order valence-corrected chi connectivity index (χ3v) is 2.91. The third-order valence-electron chi connectivity index (χ3n) is 2.72. The van der Waals surface area contributed by atoms with Crippen molar-refractivity contribution in [2.24, 2.45) is 0 Å². The SMILES string of the molecule is CCc1ccccc1NCC(O)c1n[nH]c(=S)[nH]1. The number of H-pyrrole nitrogens is 2. The number of hydrogen-bond donors (Lipinski definition) is 4. The summed E-state index contributed by atoms with van der Waals surface area (Å²) in [6.45, 7) is 2.48. The monoisotopic (exact) mass is 264 g/mol. The molecule has 0 aliphatic heterocycles. The largest absolute Gasteiger partial charge is 0.383 e. The van der Waals surface area contributed by atoms with Crippen LogP contribution < -0.4 is 5.32 Å². The minimum Gasteiger partial charge on any atom is -0.383 e. The van der Waals surface area contributed by atoms with E-state index in [2.05, 4.69) is 33.5 Å². The second-order valence-corrected chi connectivity index (χ2v) is 4.38. The lowest BCUT2D eigenvalue weighted by Crippen LogP contribution is -2.14. The first-order chi connectivity index (χ1) is 8.70. The molecule has 1 atom stereocenters. The first kappa shape index (κ1) is 12.8. The second-order valence-electron chi connectivity index (χ2n) is 3.97. The molecule has 2 rings (SSSR count). The average Bonchev–Trinajstić information content (AvgIpc) is 2.83. The molecule has 0 amide bonds. The molecule has 5 nitrogen and oxygen atoms in total. The zero-order valence-electron chi connectivity index (χ0n) is 10.1. The van der Waals surface area contributed by atoms with Gasteiger partial charge in [0.1, 0.15) is 6.10 Å². The van der Waals surface area contributed by atoms with E-state index in [0.29, 0.717) is 17.1 Å². The molecule has 0 radical (unpaired) electrons. The number of nitrogens with one attached hydrogen (secondary N) is 3. The average molecular weight is 264 g/mol. The number of aromatic amines is 2. The van der Waals surface area contributed by atoms with Crippen molar-refractivity contribution in [3.63, 3.8) is 0 Å². The van der Waals surface area contributed by atoms with Gasteiger partial charge in [-0.05, 0) is 30.3 Å². The highest BCUT2D eigenvalue weighted by molar-refractivity contribution is 7.71. The fraction of sp³-hybridized carbons (Fsp3) is 0.333. The summed E-state index contributed by atoms with van der Waals surface area (Å²) in [6.07, 6.45) is 0.229. The van der Waals surface area contributed by atoms with E-state index in [1.54, 1.807) is 0 Å². The van der Waals surface area contributed by atoms with E-state index in [4.69, 9.17) is 12.2 Å². The standard InChI is InChI=1S/C12H16N4OS/c1-2-8-5-3-4-6-9(8)13-7-10(17)11-14-12(18)16-15-11/h3-6,10,13,17H,2,7H2,1H3,(H2,14,15,16,18). The van der Waals surface area contributed by atoms with E-state index in [1.165, 1.54) is 5.56 Å². The maximum Gasteiger partial charge on any atom is 0.192 e. The van der Waals surface area contributed by atoms with Crippen LogP contribution in [-0.2, 0) is 6.42 Å². The zero-order chi connectivity index (χ0) is 13.0. The van der Waals surface area contributed by atoms with Gasteiger partial charge < -0.3 is 15.4 Å². The van der Waals surface area contributed by atoms with Gasteiger partial charge in [0.15, 0.2) is 10.6 Å². The molecule has 2 aromatic rings. The number of aliphatic hydroxyl groups excluding tert-OH is 1. The molecule has 1 unspecified atom stereocenters. The second kappa shape index (κ2) is 5.79. The number of para-hydroxylation sites is 1. The van der Waals surface area contributed by atoms with Crippen LogP contribution in [0.15, 0.2) is 24.3 Å². The number of rotatable bonds is 5. The van der Waals surface area contributed by atoms with Gasteiger partial charge in [-0.1, -0.05) is 25.1 Å². The van der Waals surface area contributed by atoms with Gasteiger partial charge in [-0.15, -0.1) is 0 Å². The Morgan fingerprint density at radius 2 is 2.22 bits per heavy atom. The van der Waals surface area contributed by atoms with Crippen molar-refractivity contribution in [1.82, 2.24) is 15.2 Å². The highest BCUT2D eigenvalue weighted by Crippen LogP contribution is 2.16. The zero-order valence-corrected chi connectivity index (χ0v) is 10.9. The van der Waals surface area contributed by atoms with Crippen molar-refractivity contribution in [2.45, 2.75) is 19.4 Å². The molecule has 0 saturated carbocycles. The minimum absolute atomic E-state index is 0.382. The number of nitrogens with zero attached hydrogens (tertiary/aromatic N) is 1. The summed E-state index contributed by atoms with van der Waals surface area (Å²) in [5.74, 6) is 0.446. The van der Waals surface area contributed by atoms with Gasteiger partial charge in [-0.2, -0.15) is 5.10 Å². The normalized spacial score (nSPS) is 12.3. The number of anilines is 1. The Morgan fingerprint density at radius 3 is 2.89 bits per heavy atom. The summed E-state index contributed by atoms with van der Waals surface area (Å²) in [5, 5.41) is 19.6. The Hall–Kier alpha value is -1.66. The highest BCUT2D eigenvalue weighted by Gasteiger charge is 2.11. The summed E-state index contributed by atoms with van der Waals surface area (Å²) in [7, 11) is 0. The molecule has 0 bridgehead atoms. The van der Waals surface area contributed by atoms with Crippen LogP contribution >= 0.6 is 12.2 Å². The summed E-state index contributed by atoms with van der Waals surface area (Å²) < 4.78 is 0.415. The number of hydrogen-bond acceptors (Lipinski definition) is 4. The summed E-state index contributed by atoms with van der Waals surface area (Å²) in [5.41, 5.74) is 2.26. The Labute approximate surface area is 110 Å². The van der Waals surface area contributed by atoms with Crippen LogP contribution in [0.4, 0.5) is 5.69 Å². The van der Waals surface area contributed by atoms with E-state index in [9.17, 15) is 5.11 Å². The molecule has 4 N–H and O–H groups in total. The fourth-order valence-corrected chi connectivity index (χ4v) is 1.90. The quantitative estimate of drug-likeness (QED) is 0.624. The van der Waals surface area contributed by atoms with Gasteiger partial charge in [-0.3, -0.25) is 5.10 Å². The summed E-state index contributed by atoms with van der Waals surface area (Å²) in [6, 6.07) is 8.04. The maximum absolute atomic E-state index is 9.94. The van der Waals surface area contributed by atoms with Gasteiger partial charge >= 0.3 is 0 Å². The lowest BCUT2D eigenvalue weighted by Gasteiger charge is -2.13. The smallest absolute Gasteiger partial charge is 0.192 e. The lowest BCUT2D eigenvalue weighted by molar-refractivity contribution is 0.182. The Kier molecular flexibility index (Phi) is 4.11. The predicted octanol–water partition coefficient (Wildman–Crippen LogP) is 2.18. The molecular weight excluding hydrogens is 248 g/mol. The summed E-state index contributed by atoms with van der Waals surface area (Å²) >= 11 is 4.86. The van der Waals surface area contributed by atoms with Crippen molar-refractivity contribution < 1.29 is 5.11 Å². The van der Waals surface area contributed by atoms with Gasteiger partial charge in [-0.25, -0.2) is 0 Å². The van der Waals surface area contributed by atoms with Gasteiger partial charge in [0, 0.05) is 12.2 Å². The number of benzene rings is 1. The van der Waals surface area contributed by atoms with Crippen molar-refractivity contribution in [3.8, 4) is 0 Å². The van der Waals surface area contributed by atoms with Crippen LogP contribution in [0.2, 0.25) is 0 Å². The van der Waals surface area contributed by atoms with Crippen molar-refractivity contribution in [1.29, 1.82) is 0 Å². The van der Waals surface area contributed by atoms with Gasteiger partial charge in [0.25, 0.3) is 0 Å². The third kappa shape index (κ3) is 2.96. The van der Waals surface area contributed by atoms with E-state index in [-0.39, 0.29) is 0 Å².